The molecule has 6 heteroatoms. The molecule has 0 atom stereocenters. The molecule has 2 heterocycles. The van der Waals surface area contributed by atoms with E-state index in [0.29, 0.717) is 0 Å². The number of nitrogens with zero attached hydrogens (tertiary/aromatic N) is 5. The maximum Gasteiger partial charge on any atom is 0.159 e. The summed E-state index contributed by atoms with van der Waals surface area (Å²) in [7, 11) is 0. The Hall–Kier alpha value is -2.21. The third-order valence-electron chi connectivity index (χ3n) is 4.48. The highest BCUT2D eigenvalue weighted by atomic mass is 16.1. The number of hydrogen-bond donors (Lipinski definition) is 0. The number of carbonyl (C=O) groups is 1. The van der Waals surface area contributed by atoms with Crippen molar-refractivity contribution in [3.63, 3.8) is 0 Å². The second-order valence-corrected chi connectivity index (χ2v) is 6.00. The topological polar surface area (TPSA) is 54.3 Å². The first-order valence-electron chi connectivity index (χ1n) is 8.06. The molecule has 0 saturated carbocycles. The van der Waals surface area contributed by atoms with E-state index in [1.165, 1.54) is 5.69 Å². The summed E-state index contributed by atoms with van der Waals surface area (Å²) >= 11 is 0. The van der Waals surface area contributed by atoms with Crippen LogP contribution in [-0.4, -0.2) is 58.2 Å². The zero-order valence-electron chi connectivity index (χ0n) is 13.8. The number of Topliss-reactive ketones (excluding diaryl/α,β-unsaturated/α-hetero) is 1. The Morgan fingerprint density at radius 2 is 1.78 bits per heavy atom. The van der Waals surface area contributed by atoms with Crippen LogP contribution in [0.4, 0.5) is 5.69 Å². The van der Waals surface area contributed by atoms with Crippen LogP contribution >= 0.6 is 0 Å². The number of aryl methyl sites for hydroxylation is 1. The van der Waals surface area contributed by atoms with Gasteiger partial charge in [-0.05, 0) is 38.1 Å². The lowest BCUT2D eigenvalue weighted by Crippen LogP contribution is -2.47. The highest BCUT2D eigenvalue weighted by molar-refractivity contribution is 5.94. The summed E-state index contributed by atoms with van der Waals surface area (Å²) in [5, 5.41) is 7.93. The summed E-state index contributed by atoms with van der Waals surface area (Å²) in [6.07, 6.45) is 1.79. The quantitative estimate of drug-likeness (QED) is 0.785. The van der Waals surface area contributed by atoms with E-state index in [0.717, 1.165) is 50.7 Å². The molecule has 0 spiro atoms. The van der Waals surface area contributed by atoms with Gasteiger partial charge in [0.1, 0.15) is 12.2 Å². The second-order valence-electron chi connectivity index (χ2n) is 6.00. The Balaban J connectivity index is 1.50. The van der Waals surface area contributed by atoms with Gasteiger partial charge < -0.3 is 9.47 Å². The normalized spacial score (nSPS) is 15.8. The molecule has 23 heavy (non-hydrogen) atoms. The van der Waals surface area contributed by atoms with Crippen molar-refractivity contribution in [3.8, 4) is 0 Å². The Morgan fingerprint density at radius 3 is 2.35 bits per heavy atom. The predicted molar refractivity (Wildman–Crippen MR) is 89.9 cm³/mol. The molecular weight excluding hydrogens is 290 g/mol. The van der Waals surface area contributed by atoms with Crippen LogP contribution in [0.2, 0.25) is 0 Å². The van der Waals surface area contributed by atoms with E-state index in [2.05, 4.69) is 24.6 Å². The Morgan fingerprint density at radius 1 is 1.09 bits per heavy atom. The molecule has 0 N–H and O–H groups in total. The van der Waals surface area contributed by atoms with Gasteiger partial charge in [-0.3, -0.25) is 9.69 Å². The minimum atomic E-state index is 0.116. The number of ketones is 1. The molecule has 122 valence electrons. The van der Waals surface area contributed by atoms with E-state index in [-0.39, 0.29) is 5.78 Å². The fraction of sp³-hybridized carbons (Fsp3) is 0.471. The predicted octanol–water partition coefficient (Wildman–Crippen LogP) is 1.61. The van der Waals surface area contributed by atoms with Crippen LogP contribution in [0.3, 0.4) is 0 Å². The van der Waals surface area contributed by atoms with Crippen molar-refractivity contribution in [1.29, 1.82) is 0 Å². The molecule has 6 nitrogen and oxygen atoms in total. The summed E-state index contributed by atoms with van der Waals surface area (Å²) in [6, 6.07) is 7.93. The average Bonchev–Trinajstić information content (AvgIpc) is 2.99. The van der Waals surface area contributed by atoms with Gasteiger partial charge in [0.05, 0.1) is 0 Å². The summed E-state index contributed by atoms with van der Waals surface area (Å²) in [4.78, 5) is 16.2. The standard InChI is InChI=1S/C17H23N5O/c1-14(23)16-3-5-17(6-4-16)21-10-7-20(8-11-21)9-12-22-13-18-19-15(22)2/h3-6,13H,7-12H2,1-2H3. The largest absolute Gasteiger partial charge is 0.369 e. The van der Waals surface area contributed by atoms with Crippen molar-refractivity contribution in [1.82, 2.24) is 19.7 Å². The van der Waals surface area contributed by atoms with Crippen molar-refractivity contribution >= 4 is 11.5 Å². The molecule has 3 rings (SSSR count). The molecule has 0 amide bonds. The molecule has 1 fully saturated rings. The van der Waals surface area contributed by atoms with Crippen LogP contribution < -0.4 is 4.90 Å². The number of aromatic nitrogens is 3. The van der Waals surface area contributed by atoms with Crippen molar-refractivity contribution in [2.24, 2.45) is 0 Å². The number of benzene rings is 1. The first-order chi connectivity index (χ1) is 11.1. The van der Waals surface area contributed by atoms with E-state index in [9.17, 15) is 4.79 Å². The van der Waals surface area contributed by atoms with Gasteiger partial charge in [0.2, 0.25) is 0 Å². The number of hydrogen-bond acceptors (Lipinski definition) is 5. The lowest BCUT2D eigenvalue weighted by Gasteiger charge is -2.36. The van der Waals surface area contributed by atoms with Crippen molar-refractivity contribution < 1.29 is 4.79 Å². The fourth-order valence-corrected chi connectivity index (χ4v) is 2.92. The summed E-state index contributed by atoms with van der Waals surface area (Å²) in [5.41, 5.74) is 1.97. The number of anilines is 1. The fourth-order valence-electron chi connectivity index (χ4n) is 2.92. The first-order valence-corrected chi connectivity index (χ1v) is 8.06. The van der Waals surface area contributed by atoms with Gasteiger partial charge in [-0.1, -0.05) is 0 Å². The van der Waals surface area contributed by atoms with Crippen LogP contribution in [0.1, 0.15) is 23.1 Å². The zero-order chi connectivity index (χ0) is 16.2. The van der Waals surface area contributed by atoms with Gasteiger partial charge in [0.15, 0.2) is 5.78 Å². The molecule has 0 radical (unpaired) electrons. The summed E-state index contributed by atoms with van der Waals surface area (Å²) < 4.78 is 2.09. The van der Waals surface area contributed by atoms with E-state index in [1.54, 1.807) is 13.3 Å². The molecule has 2 aromatic rings. The van der Waals surface area contributed by atoms with Crippen LogP contribution in [0.25, 0.3) is 0 Å². The van der Waals surface area contributed by atoms with Gasteiger partial charge >= 0.3 is 0 Å². The molecule has 1 saturated heterocycles. The highest BCUT2D eigenvalue weighted by Gasteiger charge is 2.17. The zero-order valence-corrected chi connectivity index (χ0v) is 13.8. The van der Waals surface area contributed by atoms with Crippen LogP contribution in [0.15, 0.2) is 30.6 Å². The van der Waals surface area contributed by atoms with E-state index in [1.807, 2.05) is 31.2 Å². The molecule has 1 aromatic carbocycles. The van der Waals surface area contributed by atoms with E-state index >= 15 is 0 Å². The first kappa shape index (κ1) is 15.7. The molecule has 0 unspecified atom stereocenters. The van der Waals surface area contributed by atoms with Gasteiger partial charge in [0, 0.05) is 50.5 Å². The molecule has 1 aliphatic heterocycles. The Labute approximate surface area is 136 Å². The number of piperazine rings is 1. The summed E-state index contributed by atoms with van der Waals surface area (Å²) in [5.74, 6) is 1.08. The van der Waals surface area contributed by atoms with Crippen molar-refractivity contribution in [3.05, 3.63) is 42.0 Å². The lowest BCUT2D eigenvalue weighted by molar-refractivity contribution is 0.101. The van der Waals surface area contributed by atoms with Gasteiger partial charge in [-0.25, -0.2) is 0 Å². The number of carbonyl (C=O) groups excluding carboxylic acids is 1. The van der Waals surface area contributed by atoms with Crippen molar-refractivity contribution in [2.75, 3.05) is 37.6 Å². The van der Waals surface area contributed by atoms with Gasteiger partial charge in [0.25, 0.3) is 0 Å². The monoisotopic (exact) mass is 313 g/mol. The Bertz CT molecular complexity index is 656. The lowest BCUT2D eigenvalue weighted by atomic mass is 10.1. The molecule has 0 aliphatic carbocycles. The van der Waals surface area contributed by atoms with Crippen LogP contribution in [0, 0.1) is 6.92 Å². The van der Waals surface area contributed by atoms with Crippen LogP contribution in [0.5, 0.6) is 0 Å². The maximum absolute atomic E-state index is 11.3. The van der Waals surface area contributed by atoms with E-state index < -0.39 is 0 Å². The SMILES string of the molecule is CC(=O)c1ccc(N2CCN(CCn3cnnc3C)CC2)cc1. The summed E-state index contributed by atoms with van der Waals surface area (Å²) in [6.45, 7) is 9.68. The third kappa shape index (κ3) is 3.76. The van der Waals surface area contributed by atoms with E-state index in [4.69, 9.17) is 0 Å². The molecule has 0 bridgehead atoms. The Kier molecular flexibility index (Phi) is 4.71. The molecular formula is C17H23N5O. The minimum absolute atomic E-state index is 0.116. The second kappa shape index (κ2) is 6.91. The smallest absolute Gasteiger partial charge is 0.159 e. The van der Waals surface area contributed by atoms with Gasteiger partial charge in [-0.2, -0.15) is 0 Å². The highest BCUT2D eigenvalue weighted by Crippen LogP contribution is 2.17. The van der Waals surface area contributed by atoms with Crippen molar-refractivity contribution in [2.45, 2.75) is 20.4 Å². The van der Waals surface area contributed by atoms with Gasteiger partial charge in [-0.15, -0.1) is 10.2 Å². The van der Waals surface area contributed by atoms with Crippen LogP contribution in [-0.2, 0) is 6.54 Å². The average molecular weight is 313 g/mol. The maximum atomic E-state index is 11.3. The minimum Gasteiger partial charge on any atom is -0.369 e. The molecule has 1 aliphatic rings. The third-order valence-corrected chi connectivity index (χ3v) is 4.48. The molecule has 1 aromatic heterocycles. The number of rotatable bonds is 5.